The molecule has 0 radical (unpaired) electrons. The van der Waals surface area contributed by atoms with E-state index in [0.29, 0.717) is 56.4 Å². The van der Waals surface area contributed by atoms with Gasteiger partial charge in [0.25, 0.3) is 0 Å². The molecule has 0 fully saturated rings. The molecule has 8 nitrogen and oxygen atoms in total. The molecule has 412 valence electrons. The van der Waals surface area contributed by atoms with Crippen LogP contribution >= 0.6 is 0 Å². The Labute approximate surface area is 467 Å². The molecule has 0 aliphatic carbocycles. The second kappa shape index (κ2) is 32.3. The number of benzene rings is 7. The number of esters is 4. The summed E-state index contributed by atoms with van der Waals surface area (Å²) in [6.07, 6.45) is 27.9. The third kappa shape index (κ3) is 20.0. The molecule has 0 aliphatic rings. The van der Waals surface area contributed by atoms with Gasteiger partial charge in [-0.15, -0.1) is 0 Å². The fourth-order valence-electron chi connectivity index (χ4n) is 9.58. The van der Waals surface area contributed by atoms with Gasteiger partial charge in [0.15, 0.2) is 0 Å². The lowest BCUT2D eigenvalue weighted by Gasteiger charge is -2.10. The van der Waals surface area contributed by atoms with Crippen LogP contribution in [0.1, 0.15) is 195 Å². The van der Waals surface area contributed by atoms with Gasteiger partial charge in [-0.1, -0.05) is 178 Å². The second-order valence-electron chi connectivity index (χ2n) is 20.6. The fourth-order valence-corrected chi connectivity index (χ4v) is 9.58. The predicted molar refractivity (Wildman–Crippen MR) is 314 cm³/mol. The molecule has 7 rings (SSSR count). The van der Waals surface area contributed by atoms with Crippen LogP contribution in [0.25, 0.3) is 22.3 Å². The van der Waals surface area contributed by atoms with Crippen LogP contribution in [0.15, 0.2) is 164 Å². The number of halogens is 1. The van der Waals surface area contributed by atoms with E-state index < -0.39 is 29.7 Å². The van der Waals surface area contributed by atoms with E-state index in [-0.39, 0.29) is 11.1 Å². The van der Waals surface area contributed by atoms with E-state index in [9.17, 15) is 19.2 Å². The molecule has 9 heteroatoms. The topological polar surface area (TPSA) is 105 Å². The van der Waals surface area contributed by atoms with Crippen molar-refractivity contribution >= 4 is 23.9 Å². The van der Waals surface area contributed by atoms with Crippen molar-refractivity contribution in [2.45, 2.75) is 155 Å². The molecule has 0 amide bonds. The van der Waals surface area contributed by atoms with Crippen molar-refractivity contribution in [1.29, 1.82) is 0 Å². The summed E-state index contributed by atoms with van der Waals surface area (Å²) in [7, 11) is 0. The molecule has 0 aliphatic heterocycles. The van der Waals surface area contributed by atoms with E-state index in [1.54, 1.807) is 121 Å². The molecule has 7 aromatic rings. The van der Waals surface area contributed by atoms with Gasteiger partial charge in [0.2, 0.25) is 0 Å². The Bertz CT molecular complexity index is 2760. The zero-order valence-electron chi connectivity index (χ0n) is 46.3. The number of aryl methyl sites for hydroxylation is 2. The minimum absolute atomic E-state index is 0.274. The van der Waals surface area contributed by atoms with E-state index >= 15 is 4.39 Å². The average Bonchev–Trinajstić information content (AvgIpc) is 3.49. The van der Waals surface area contributed by atoms with Crippen LogP contribution in [0.5, 0.6) is 23.0 Å². The molecule has 0 heterocycles. The van der Waals surface area contributed by atoms with Crippen LogP contribution in [0.2, 0.25) is 0 Å². The molecular formula is C70H77FO8. The summed E-state index contributed by atoms with van der Waals surface area (Å²) in [6.45, 7) is 4.50. The molecule has 0 saturated carbocycles. The number of carbonyl (C=O) groups excluding carboxylic acids is 4. The SMILES string of the molecule is CCCCCCCCCCCCc1ccc(C(=O)Oc2ccc(C(=O)Oc3ccc(-c4cc(F)cc(-c5ccc(OC(=O)c6ccc(OC(=O)c7ccc(CCCCCCCCCCCC)cc7)cc6)cc5)c4)cc3)cc2)cc1. The van der Waals surface area contributed by atoms with Crippen LogP contribution in [0.3, 0.4) is 0 Å². The average molecular weight is 1070 g/mol. The maximum Gasteiger partial charge on any atom is 0.343 e. The first-order chi connectivity index (χ1) is 38.6. The zero-order chi connectivity index (χ0) is 55.4. The predicted octanol–water partition coefficient (Wildman–Crippen LogP) is 19.0. The third-order valence-electron chi connectivity index (χ3n) is 14.3. The van der Waals surface area contributed by atoms with Crippen molar-refractivity contribution in [2.75, 3.05) is 0 Å². The number of ether oxygens (including phenoxy) is 4. The third-order valence-corrected chi connectivity index (χ3v) is 14.3. The van der Waals surface area contributed by atoms with Crippen molar-refractivity contribution in [3.8, 4) is 45.3 Å². The first kappa shape index (κ1) is 59.0. The van der Waals surface area contributed by atoms with Crippen LogP contribution in [-0.2, 0) is 12.8 Å². The van der Waals surface area contributed by atoms with E-state index in [4.69, 9.17) is 18.9 Å². The minimum Gasteiger partial charge on any atom is -0.423 e. The standard InChI is InChI=1S/C70H77FO8/c1-3-5-7-9-11-13-15-17-19-21-23-52-25-29-56(30-26-52)67(72)78-65-45-37-58(38-46-65)69(74)76-63-41-33-54(34-42-63)60-49-61(51-62(71)50-60)55-35-43-64(44-36-55)77-70(75)59-39-47-66(48-40-59)79-68(73)57-31-27-53(28-32-57)24-22-20-18-16-14-12-10-8-6-4-2/h25-51H,3-24H2,1-2H3. The highest BCUT2D eigenvalue weighted by atomic mass is 19.1. The Hall–Kier alpha value is -7.65. The quantitative estimate of drug-likeness (QED) is 0.0233. The fraction of sp³-hybridized carbons (Fsp3) is 0.343. The number of unbranched alkanes of at least 4 members (excludes halogenated alkanes) is 18. The highest BCUT2D eigenvalue weighted by Gasteiger charge is 2.16. The second-order valence-corrected chi connectivity index (χ2v) is 20.6. The molecule has 0 bridgehead atoms. The smallest absolute Gasteiger partial charge is 0.343 e. The minimum atomic E-state index is -0.590. The van der Waals surface area contributed by atoms with Gasteiger partial charge in [0, 0.05) is 0 Å². The summed E-state index contributed by atoms with van der Waals surface area (Å²) in [5, 5.41) is 0. The molecular weight excluding hydrogens is 988 g/mol. The summed E-state index contributed by atoms with van der Waals surface area (Å²) in [6, 6.07) is 45.7. The molecule has 0 spiro atoms. The summed E-state index contributed by atoms with van der Waals surface area (Å²) in [5.41, 5.74) is 6.48. The summed E-state index contributed by atoms with van der Waals surface area (Å²) in [4.78, 5) is 51.9. The first-order valence-electron chi connectivity index (χ1n) is 28.9. The highest BCUT2D eigenvalue weighted by Crippen LogP contribution is 2.31. The van der Waals surface area contributed by atoms with Gasteiger partial charge in [0.05, 0.1) is 22.3 Å². The number of rotatable bonds is 32. The molecule has 0 unspecified atom stereocenters. The lowest BCUT2D eigenvalue weighted by Crippen LogP contribution is -2.10. The monoisotopic (exact) mass is 1060 g/mol. The molecule has 79 heavy (non-hydrogen) atoms. The van der Waals surface area contributed by atoms with Crippen molar-refractivity contribution in [3.05, 3.63) is 203 Å². The largest absolute Gasteiger partial charge is 0.423 e. The summed E-state index contributed by atoms with van der Waals surface area (Å²) in [5.74, 6) is -1.36. The molecule has 7 aromatic carbocycles. The van der Waals surface area contributed by atoms with Gasteiger partial charge in [-0.05, 0) is 174 Å². The van der Waals surface area contributed by atoms with E-state index in [0.717, 1.165) is 25.7 Å². The molecule has 0 aromatic heterocycles. The Kier molecular flexibility index (Phi) is 24.1. The zero-order valence-corrected chi connectivity index (χ0v) is 46.3. The van der Waals surface area contributed by atoms with Crippen molar-refractivity contribution < 1.29 is 42.5 Å². The van der Waals surface area contributed by atoms with Crippen LogP contribution in [-0.4, -0.2) is 23.9 Å². The lowest BCUT2D eigenvalue weighted by molar-refractivity contribution is 0.0720. The Morgan fingerprint density at radius 3 is 0.810 bits per heavy atom. The Balaban J connectivity index is 0.817. The van der Waals surface area contributed by atoms with E-state index in [1.165, 1.54) is 139 Å². The summed E-state index contributed by atoms with van der Waals surface area (Å²) >= 11 is 0. The molecule has 0 saturated heterocycles. The van der Waals surface area contributed by atoms with E-state index in [2.05, 4.69) is 13.8 Å². The van der Waals surface area contributed by atoms with Gasteiger partial charge in [0.1, 0.15) is 28.8 Å². The lowest BCUT2D eigenvalue weighted by atomic mass is 9.98. The molecule has 0 N–H and O–H groups in total. The maximum atomic E-state index is 15.1. The van der Waals surface area contributed by atoms with Gasteiger partial charge >= 0.3 is 23.9 Å². The van der Waals surface area contributed by atoms with Gasteiger partial charge in [-0.25, -0.2) is 23.6 Å². The van der Waals surface area contributed by atoms with Crippen molar-refractivity contribution in [2.24, 2.45) is 0 Å². The maximum absolute atomic E-state index is 15.1. The first-order valence-corrected chi connectivity index (χ1v) is 28.9. The van der Waals surface area contributed by atoms with Crippen molar-refractivity contribution in [3.63, 3.8) is 0 Å². The van der Waals surface area contributed by atoms with Crippen LogP contribution in [0.4, 0.5) is 4.39 Å². The van der Waals surface area contributed by atoms with Crippen LogP contribution < -0.4 is 18.9 Å². The van der Waals surface area contributed by atoms with Crippen molar-refractivity contribution in [1.82, 2.24) is 0 Å². The van der Waals surface area contributed by atoms with E-state index in [1.807, 2.05) is 30.3 Å². The highest BCUT2D eigenvalue weighted by molar-refractivity contribution is 5.94. The van der Waals surface area contributed by atoms with Gasteiger partial charge in [-0.2, -0.15) is 0 Å². The Morgan fingerprint density at radius 2 is 0.532 bits per heavy atom. The van der Waals surface area contributed by atoms with Gasteiger partial charge in [-0.3, -0.25) is 0 Å². The van der Waals surface area contributed by atoms with Gasteiger partial charge < -0.3 is 18.9 Å². The van der Waals surface area contributed by atoms with Crippen LogP contribution in [0, 0.1) is 5.82 Å². The molecule has 0 atom stereocenters. The summed E-state index contributed by atoms with van der Waals surface area (Å²) < 4.78 is 37.5. The number of hydrogen-bond acceptors (Lipinski definition) is 8. The Morgan fingerprint density at radius 1 is 0.291 bits per heavy atom. The normalized spacial score (nSPS) is 11.0. The number of hydrogen-bond donors (Lipinski definition) is 0. The number of carbonyl (C=O) groups is 4.